The second-order valence-electron chi connectivity index (χ2n) is 4.66. The van der Waals surface area contributed by atoms with Gasteiger partial charge in [0.1, 0.15) is 0 Å². The van der Waals surface area contributed by atoms with Gasteiger partial charge in [0.25, 0.3) is 0 Å². The summed E-state index contributed by atoms with van der Waals surface area (Å²) in [5.41, 5.74) is -0.124. The van der Waals surface area contributed by atoms with Gasteiger partial charge in [-0.2, -0.15) is 0 Å². The summed E-state index contributed by atoms with van der Waals surface area (Å²) in [7, 11) is 0. The molecule has 0 N–H and O–H groups in total. The third-order valence-corrected chi connectivity index (χ3v) is 1.72. The number of hydrogen-bond acceptors (Lipinski definition) is 4. The molecule has 0 fully saturated rings. The summed E-state index contributed by atoms with van der Waals surface area (Å²) in [4.78, 5) is 22.3. The third kappa shape index (κ3) is 6.22. The minimum absolute atomic E-state index is 0.239. The third-order valence-electron chi connectivity index (χ3n) is 1.72. The van der Waals surface area contributed by atoms with Crippen molar-refractivity contribution < 1.29 is 19.1 Å². The number of carbonyl (C=O) groups is 2. The molecule has 0 aliphatic rings. The standard InChI is InChI=1S/C12H20O4/c1-9(2)10(13)15-7-6-8-16-11(14)12(3,4)5/h1,6-8H2,2-5H3. The average Bonchev–Trinajstić information content (AvgIpc) is 2.14. The smallest absolute Gasteiger partial charge is 0.333 e. The summed E-state index contributed by atoms with van der Waals surface area (Å²) in [5.74, 6) is -0.666. The van der Waals surface area contributed by atoms with Gasteiger partial charge >= 0.3 is 11.9 Å². The van der Waals surface area contributed by atoms with E-state index in [1.807, 2.05) is 0 Å². The number of ether oxygens (including phenoxy) is 2. The van der Waals surface area contributed by atoms with Crippen LogP contribution in [0.3, 0.4) is 0 Å². The van der Waals surface area contributed by atoms with E-state index in [2.05, 4.69) is 6.58 Å². The number of rotatable bonds is 5. The van der Waals surface area contributed by atoms with Gasteiger partial charge in [-0.3, -0.25) is 4.79 Å². The van der Waals surface area contributed by atoms with Crippen molar-refractivity contribution in [3.63, 3.8) is 0 Å². The fourth-order valence-corrected chi connectivity index (χ4v) is 0.728. The van der Waals surface area contributed by atoms with Crippen molar-refractivity contribution in [2.75, 3.05) is 13.2 Å². The highest BCUT2D eigenvalue weighted by atomic mass is 16.5. The summed E-state index contributed by atoms with van der Waals surface area (Å²) < 4.78 is 9.84. The van der Waals surface area contributed by atoms with Crippen LogP contribution in [0.25, 0.3) is 0 Å². The van der Waals surface area contributed by atoms with Crippen molar-refractivity contribution in [2.24, 2.45) is 5.41 Å². The Morgan fingerprint density at radius 2 is 1.62 bits per heavy atom. The molecule has 4 heteroatoms. The first-order valence-corrected chi connectivity index (χ1v) is 5.25. The van der Waals surface area contributed by atoms with Crippen LogP contribution in [0.5, 0.6) is 0 Å². The lowest BCUT2D eigenvalue weighted by Crippen LogP contribution is -2.23. The Balaban J connectivity index is 3.59. The molecule has 0 bridgehead atoms. The summed E-state index contributed by atoms with van der Waals surface area (Å²) in [5, 5.41) is 0. The molecule has 0 rings (SSSR count). The van der Waals surface area contributed by atoms with Crippen LogP contribution in [0.15, 0.2) is 12.2 Å². The number of hydrogen-bond donors (Lipinski definition) is 0. The Morgan fingerprint density at radius 3 is 2.06 bits per heavy atom. The van der Waals surface area contributed by atoms with Gasteiger partial charge in [0.2, 0.25) is 0 Å². The van der Waals surface area contributed by atoms with E-state index in [0.717, 1.165) is 0 Å². The van der Waals surface area contributed by atoms with E-state index < -0.39 is 11.4 Å². The van der Waals surface area contributed by atoms with E-state index in [9.17, 15) is 9.59 Å². The number of esters is 2. The minimum atomic E-state index is -0.492. The molecule has 16 heavy (non-hydrogen) atoms. The van der Waals surface area contributed by atoms with Crippen molar-refractivity contribution in [3.05, 3.63) is 12.2 Å². The lowest BCUT2D eigenvalue weighted by Gasteiger charge is -2.16. The molecule has 0 aliphatic carbocycles. The van der Waals surface area contributed by atoms with E-state index in [-0.39, 0.29) is 19.2 Å². The van der Waals surface area contributed by atoms with Gasteiger partial charge < -0.3 is 9.47 Å². The highest BCUT2D eigenvalue weighted by Crippen LogP contribution is 2.14. The lowest BCUT2D eigenvalue weighted by molar-refractivity contribution is -0.153. The van der Waals surface area contributed by atoms with Gasteiger partial charge in [0, 0.05) is 12.0 Å². The average molecular weight is 228 g/mol. The summed E-state index contributed by atoms with van der Waals surface area (Å²) >= 11 is 0. The van der Waals surface area contributed by atoms with Crippen LogP contribution >= 0.6 is 0 Å². The summed E-state index contributed by atoms with van der Waals surface area (Å²) in [6.45, 7) is 10.9. The van der Waals surface area contributed by atoms with E-state index >= 15 is 0 Å². The molecule has 0 radical (unpaired) electrons. The first-order valence-electron chi connectivity index (χ1n) is 5.25. The molecule has 4 nitrogen and oxygen atoms in total. The molecule has 0 spiro atoms. The fourth-order valence-electron chi connectivity index (χ4n) is 0.728. The van der Waals surface area contributed by atoms with Gasteiger partial charge in [0.15, 0.2) is 0 Å². The molecule has 0 aromatic carbocycles. The SMILES string of the molecule is C=C(C)C(=O)OCCCOC(=O)C(C)(C)C. The van der Waals surface area contributed by atoms with Crippen LogP contribution in [-0.2, 0) is 19.1 Å². The topological polar surface area (TPSA) is 52.6 Å². The first-order chi connectivity index (χ1) is 7.25. The Hall–Kier alpha value is -1.32. The van der Waals surface area contributed by atoms with Crippen LogP contribution < -0.4 is 0 Å². The predicted molar refractivity (Wildman–Crippen MR) is 60.8 cm³/mol. The Bertz CT molecular complexity index is 273. The summed E-state index contributed by atoms with van der Waals surface area (Å²) in [6, 6.07) is 0. The van der Waals surface area contributed by atoms with Crippen LogP contribution in [0.2, 0.25) is 0 Å². The zero-order valence-electron chi connectivity index (χ0n) is 10.5. The van der Waals surface area contributed by atoms with Crippen molar-refractivity contribution in [3.8, 4) is 0 Å². The molecule has 0 saturated carbocycles. The highest BCUT2D eigenvalue weighted by Gasteiger charge is 2.22. The van der Waals surface area contributed by atoms with Gasteiger partial charge in [-0.05, 0) is 27.7 Å². The molecule has 0 amide bonds. The Labute approximate surface area is 96.6 Å². The molecule has 0 heterocycles. The van der Waals surface area contributed by atoms with Crippen LogP contribution in [0.1, 0.15) is 34.1 Å². The van der Waals surface area contributed by atoms with Crippen LogP contribution in [0.4, 0.5) is 0 Å². The predicted octanol–water partition coefficient (Wildman–Crippen LogP) is 2.09. The minimum Gasteiger partial charge on any atom is -0.465 e. The van der Waals surface area contributed by atoms with Gasteiger partial charge in [0.05, 0.1) is 18.6 Å². The fraction of sp³-hybridized carbons (Fsp3) is 0.667. The molecule has 92 valence electrons. The van der Waals surface area contributed by atoms with E-state index in [1.54, 1.807) is 27.7 Å². The quantitative estimate of drug-likeness (QED) is 0.411. The largest absolute Gasteiger partial charge is 0.465 e. The van der Waals surface area contributed by atoms with Crippen molar-refractivity contribution >= 4 is 11.9 Å². The summed E-state index contributed by atoms with van der Waals surface area (Å²) in [6.07, 6.45) is 0.501. The molecule has 0 aliphatic heterocycles. The second-order valence-corrected chi connectivity index (χ2v) is 4.66. The van der Waals surface area contributed by atoms with Gasteiger partial charge in [-0.1, -0.05) is 6.58 Å². The van der Waals surface area contributed by atoms with Gasteiger partial charge in [-0.25, -0.2) is 4.79 Å². The monoisotopic (exact) mass is 228 g/mol. The van der Waals surface area contributed by atoms with E-state index in [4.69, 9.17) is 9.47 Å². The Morgan fingerprint density at radius 1 is 1.12 bits per heavy atom. The Kier molecular flexibility index (Phi) is 5.78. The molecule has 0 aromatic heterocycles. The zero-order valence-corrected chi connectivity index (χ0v) is 10.5. The van der Waals surface area contributed by atoms with Crippen molar-refractivity contribution in [2.45, 2.75) is 34.1 Å². The van der Waals surface area contributed by atoms with Gasteiger partial charge in [-0.15, -0.1) is 0 Å². The van der Waals surface area contributed by atoms with Crippen LogP contribution in [-0.4, -0.2) is 25.2 Å². The van der Waals surface area contributed by atoms with Crippen LogP contribution in [0, 0.1) is 5.41 Å². The lowest BCUT2D eigenvalue weighted by atomic mass is 9.97. The maximum atomic E-state index is 11.3. The number of carbonyl (C=O) groups excluding carboxylic acids is 2. The second kappa shape index (κ2) is 6.30. The normalized spacial score (nSPS) is 10.8. The molecular weight excluding hydrogens is 208 g/mol. The molecule has 0 unspecified atom stereocenters. The molecule has 0 saturated heterocycles. The zero-order chi connectivity index (χ0) is 12.8. The van der Waals surface area contributed by atoms with E-state index in [0.29, 0.717) is 12.0 Å². The molecule has 0 aromatic rings. The van der Waals surface area contributed by atoms with E-state index in [1.165, 1.54) is 0 Å². The first kappa shape index (κ1) is 14.7. The molecular formula is C12H20O4. The highest BCUT2D eigenvalue weighted by molar-refractivity contribution is 5.86. The molecule has 0 atom stereocenters. The maximum Gasteiger partial charge on any atom is 0.333 e. The maximum absolute atomic E-state index is 11.3. The van der Waals surface area contributed by atoms with Crippen molar-refractivity contribution in [1.29, 1.82) is 0 Å². The van der Waals surface area contributed by atoms with Crippen molar-refractivity contribution in [1.82, 2.24) is 0 Å².